The number of benzene rings is 1. The number of nitrogen functional groups attached to an aromatic ring is 1. The largest absolute Gasteiger partial charge is 0.384 e. The van der Waals surface area contributed by atoms with Crippen LogP contribution in [0.5, 0.6) is 0 Å². The first-order valence-corrected chi connectivity index (χ1v) is 7.04. The highest BCUT2D eigenvalue weighted by molar-refractivity contribution is 5.58. The van der Waals surface area contributed by atoms with Crippen molar-refractivity contribution in [3.8, 4) is 11.4 Å². The van der Waals surface area contributed by atoms with Gasteiger partial charge >= 0.3 is 0 Å². The zero-order chi connectivity index (χ0) is 14.1. The Labute approximate surface area is 118 Å². The summed E-state index contributed by atoms with van der Waals surface area (Å²) in [6, 6.07) is 6.91. The molecule has 20 heavy (non-hydrogen) atoms. The number of halogens is 1. The number of rotatable bonds is 2. The van der Waals surface area contributed by atoms with E-state index in [1.165, 1.54) is 18.9 Å². The fourth-order valence-corrected chi connectivity index (χ4v) is 2.78. The van der Waals surface area contributed by atoms with Crippen LogP contribution in [-0.4, -0.2) is 9.97 Å². The van der Waals surface area contributed by atoms with Gasteiger partial charge in [0.25, 0.3) is 0 Å². The highest BCUT2D eigenvalue weighted by Gasteiger charge is 2.20. The van der Waals surface area contributed by atoms with Gasteiger partial charge in [-0.25, -0.2) is 14.4 Å². The van der Waals surface area contributed by atoms with E-state index < -0.39 is 0 Å². The molecule has 2 aromatic rings. The summed E-state index contributed by atoms with van der Waals surface area (Å²) < 4.78 is 13.7. The lowest BCUT2D eigenvalue weighted by atomic mass is 10.0. The zero-order valence-corrected chi connectivity index (χ0v) is 11.6. The van der Waals surface area contributed by atoms with Gasteiger partial charge in [0.2, 0.25) is 0 Å². The molecular formula is C16H18FN3. The van der Waals surface area contributed by atoms with E-state index in [4.69, 9.17) is 5.73 Å². The van der Waals surface area contributed by atoms with Gasteiger partial charge in [-0.3, -0.25) is 0 Å². The second-order valence-electron chi connectivity index (χ2n) is 5.49. The fourth-order valence-electron chi connectivity index (χ4n) is 2.78. The van der Waals surface area contributed by atoms with Crippen molar-refractivity contribution in [3.05, 3.63) is 41.3 Å². The number of nitrogens with zero attached hydrogens (tertiary/aromatic N) is 2. The highest BCUT2D eigenvalue weighted by Crippen LogP contribution is 2.34. The van der Waals surface area contributed by atoms with Crippen LogP contribution in [0.25, 0.3) is 11.4 Å². The summed E-state index contributed by atoms with van der Waals surface area (Å²) in [7, 11) is 0. The molecule has 0 aliphatic heterocycles. The minimum Gasteiger partial charge on any atom is -0.384 e. The number of nitrogens with two attached hydrogens (primary N) is 1. The van der Waals surface area contributed by atoms with Crippen molar-refractivity contribution in [3.63, 3.8) is 0 Å². The van der Waals surface area contributed by atoms with Crippen molar-refractivity contribution in [1.82, 2.24) is 9.97 Å². The van der Waals surface area contributed by atoms with E-state index in [0.29, 0.717) is 28.7 Å². The molecule has 1 saturated carbocycles. The molecule has 1 heterocycles. The van der Waals surface area contributed by atoms with Gasteiger partial charge in [-0.1, -0.05) is 25.0 Å². The van der Waals surface area contributed by atoms with E-state index >= 15 is 0 Å². The van der Waals surface area contributed by atoms with Gasteiger partial charge < -0.3 is 5.73 Å². The maximum Gasteiger partial charge on any atom is 0.161 e. The smallest absolute Gasteiger partial charge is 0.161 e. The molecule has 4 heteroatoms. The first-order valence-electron chi connectivity index (χ1n) is 7.04. The van der Waals surface area contributed by atoms with Gasteiger partial charge in [0.15, 0.2) is 5.82 Å². The molecule has 0 spiro atoms. The molecule has 2 N–H and O–H groups in total. The van der Waals surface area contributed by atoms with Crippen molar-refractivity contribution in [2.75, 3.05) is 5.73 Å². The molecule has 0 bridgehead atoms. The van der Waals surface area contributed by atoms with Gasteiger partial charge in [0.05, 0.1) is 0 Å². The van der Waals surface area contributed by atoms with Crippen LogP contribution in [0.1, 0.15) is 42.9 Å². The van der Waals surface area contributed by atoms with E-state index in [-0.39, 0.29) is 5.82 Å². The standard InChI is InChI=1S/C16H18FN3/c1-10-6-7-12(8-13(10)17)16-19-14(9-15(18)20-16)11-4-2-3-5-11/h6-9,11H,2-5H2,1H3,(H2,18,19,20). The van der Waals surface area contributed by atoms with Crippen molar-refractivity contribution >= 4 is 5.82 Å². The number of aryl methyl sites for hydroxylation is 1. The highest BCUT2D eigenvalue weighted by atomic mass is 19.1. The second-order valence-corrected chi connectivity index (χ2v) is 5.49. The number of aromatic nitrogens is 2. The van der Waals surface area contributed by atoms with E-state index in [1.54, 1.807) is 13.0 Å². The third kappa shape index (κ3) is 2.50. The molecule has 3 nitrogen and oxygen atoms in total. The first-order chi connectivity index (χ1) is 9.63. The van der Waals surface area contributed by atoms with Crippen LogP contribution in [0.4, 0.5) is 10.2 Å². The third-order valence-electron chi connectivity index (χ3n) is 3.97. The number of anilines is 1. The minimum atomic E-state index is -0.240. The third-order valence-corrected chi connectivity index (χ3v) is 3.97. The van der Waals surface area contributed by atoms with Crippen molar-refractivity contribution < 1.29 is 4.39 Å². The summed E-state index contributed by atoms with van der Waals surface area (Å²) in [5.41, 5.74) is 8.18. The average molecular weight is 271 g/mol. The Morgan fingerprint density at radius 1 is 1.15 bits per heavy atom. The Bertz CT molecular complexity index is 634. The summed E-state index contributed by atoms with van der Waals surface area (Å²) in [5, 5.41) is 0. The first kappa shape index (κ1) is 13.0. The lowest BCUT2D eigenvalue weighted by Crippen LogP contribution is -2.03. The molecule has 1 aromatic heterocycles. The normalized spacial score (nSPS) is 15.7. The van der Waals surface area contributed by atoms with Gasteiger partial charge in [-0.15, -0.1) is 0 Å². The van der Waals surface area contributed by atoms with Gasteiger partial charge in [-0.05, 0) is 31.4 Å². The quantitative estimate of drug-likeness (QED) is 0.903. The molecule has 0 unspecified atom stereocenters. The van der Waals surface area contributed by atoms with E-state index in [9.17, 15) is 4.39 Å². The summed E-state index contributed by atoms with van der Waals surface area (Å²) >= 11 is 0. The summed E-state index contributed by atoms with van der Waals surface area (Å²) in [6.07, 6.45) is 4.78. The molecule has 1 fully saturated rings. The Morgan fingerprint density at radius 3 is 2.60 bits per heavy atom. The molecule has 0 saturated heterocycles. The Hall–Kier alpha value is -1.97. The van der Waals surface area contributed by atoms with Crippen LogP contribution in [-0.2, 0) is 0 Å². The van der Waals surface area contributed by atoms with E-state index in [1.807, 2.05) is 12.1 Å². The maximum absolute atomic E-state index is 13.7. The fraction of sp³-hybridized carbons (Fsp3) is 0.375. The van der Waals surface area contributed by atoms with Crippen LogP contribution >= 0.6 is 0 Å². The topological polar surface area (TPSA) is 51.8 Å². The Kier molecular flexibility index (Phi) is 3.38. The van der Waals surface area contributed by atoms with Crippen LogP contribution in [0.15, 0.2) is 24.3 Å². The minimum absolute atomic E-state index is 0.240. The molecule has 0 atom stereocenters. The van der Waals surface area contributed by atoms with Crippen molar-refractivity contribution in [2.45, 2.75) is 38.5 Å². The Morgan fingerprint density at radius 2 is 1.90 bits per heavy atom. The predicted molar refractivity (Wildman–Crippen MR) is 77.8 cm³/mol. The van der Waals surface area contributed by atoms with Crippen LogP contribution in [0, 0.1) is 12.7 Å². The predicted octanol–water partition coefficient (Wildman–Crippen LogP) is 3.83. The molecule has 104 valence electrons. The summed E-state index contributed by atoms with van der Waals surface area (Å²) in [6.45, 7) is 1.74. The van der Waals surface area contributed by atoms with Crippen molar-refractivity contribution in [2.24, 2.45) is 0 Å². The molecule has 3 rings (SSSR count). The summed E-state index contributed by atoms with van der Waals surface area (Å²) in [5.74, 6) is 1.20. The van der Waals surface area contributed by atoms with Crippen LogP contribution in [0.3, 0.4) is 0 Å². The molecular weight excluding hydrogens is 253 g/mol. The SMILES string of the molecule is Cc1ccc(-c2nc(N)cc(C3CCCC3)n2)cc1F. The van der Waals surface area contributed by atoms with Crippen LogP contribution in [0.2, 0.25) is 0 Å². The second kappa shape index (κ2) is 5.19. The van der Waals surface area contributed by atoms with E-state index in [2.05, 4.69) is 9.97 Å². The molecule has 1 aliphatic rings. The number of hydrogen-bond acceptors (Lipinski definition) is 3. The average Bonchev–Trinajstić information content (AvgIpc) is 2.95. The molecule has 0 amide bonds. The van der Waals surface area contributed by atoms with Gasteiger partial charge in [-0.2, -0.15) is 0 Å². The Balaban J connectivity index is 2.02. The zero-order valence-electron chi connectivity index (χ0n) is 11.6. The van der Waals surface area contributed by atoms with Crippen molar-refractivity contribution in [1.29, 1.82) is 0 Å². The monoisotopic (exact) mass is 271 g/mol. The molecule has 0 radical (unpaired) electrons. The molecule has 1 aromatic carbocycles. The maximum atomic E-state index is 13.7. The lowest BCUT2D eigenvalue weighted by molar-refractivity contribution is 0.619. The summed E-state index contributed by atoms with van der Waals surface area (Å²) in [4.78, 5) is 8.85. The van der Waals surface area contributed by atoms with Crippen LogP contribution < -0.4 is 5.73 Å². The lowest BCUT2D eigenvalue weighted by Gasteiger charge is -2.11. The van der Waals surface area contributed by atoms with Gasteiger partial charge in [0, 0.05) is 23.2 Å². The van der Waals surface area contributed by atoms with E-state index in [0.717, 1.165) is 18.5 Å². The van der Waals surface area contributed by atoms with Gasteiger partial charge in [0.1, 0.15) is 11.6 Å². The number of hydrogen-bond donors (Lipinski definition) is 1. The molecule has 1 aliphatic carbocycles.